The molecule has 5 rings (SSSR count). The molecule has 0 heterocycles. The SMILES string of the molecule is O=C(NCC1(C(=O)Nc2cc(C(=O)O)ccc2F)CC1)OCC1c2ccccc2-c2ccccc21. The van der Waals surface area contributed by atoms with Gasteiger partial charge in [-0.05, 0) is 53.3 Å². The highest BCUT2D eigenvalue weighted by Crippen LogP contribution is 2.46. The van der Waals surface area contributed by atoms with Gasteiger partial charge in [0, 0.05) is 12.5 Å². The largest absolute Gasteiger partial charge is 0.478 e. The molecule has 2 aliphatic rings. The summed E-state index contributed by atoms with van der Waals surface area (Å²) in [6, 6.07) is 19.2. The molecule has 0 aliphatic heterocycles. The van der Waals surface area contributed by atoms with Crippen molar-refractivity contribution in [3.8, 4) is 11.1 Å². The number of ether oxygens (including phenoxy) is 1. The molecule has 7 nitrogen and oxygen atoms in total. The Hall–Kier alpha value is -4.20. The highest BCUT2D eigenvalue weighted by Gasteiger charge is 2.50. The monoisotopic (exact) mass is 474 g/mol. The van der Waals surface area contributed by atoms with E-state index in [1.54, 1.807) is 0 Å². The van der Waals surface area contributed by atoms with Crippen LogP contribution in [0.15, 0.2) is 66.7 Å². The molecule has 0 atom stereocenters. The van der Waals surface area contributed by atoms with Crippen molar-refractivity contribution in [3.63, 3.8) is 0 Å². The number of carbonyl (C=O) groups is 3. The van der Waals surface area contributed by atoms with Crippen molar-refractivity contribution in [3.05, 3.63) is 89.2 Å². The third kappa shape index (κ3) is 4.35. The first-order chi connectivity index (χ1) is 16.9. The summed E-state index contributed by atoms with van der Waals surface area (Å²) in [5, 5.41) is 14.2. The molecular weight excluding hydrogens is 451 g/mol. The summed E-state index contributed by atoms with van der Waals surface area (Å²) in [5.41, 5.74) is 3.24. The minimum atomic E-state index is -1.22. The van der Waals surface area contributed by atoms with Gasteiger partial charge in [-0.3, -0.25) is 4.79 Å². The molecule has 178 valence electrons. The van der Waals surface area contributed by atoms with Crippen LogP contribution in [-0.4, -0.2) is 36.2 Å². The lowest BCUT2D eigenvalue weighted by atomic mass is 9.98. The number of fused-ring (bicyclic) bond motifs is 3. The number of halogens is 1. The van der Waals surface area contributed by atoms with Gasteiger partial charge in [-0.15, -0.1) is 0 Å². The van der Waals surface area contributed by atoms with Crippen LogP contribution in [-0.2, 0) is 9.53 Å². The molecule has 3 aromatic rings. The minimum Gasteiger partial charge on any atom is -0.478 e. The highest BCUT2D eigenvalue weighted by atomic mass is 19.1. The van der Waals surface area contributed by atoms with E-state index in [-0.39, 0.29) is 30.3 Å². The second-order valence-electron chi connectivity index (χ2n) is 8.91. The lowest BCUT2D eigenvalue weighted by molar-refractivity contribution is -0.120. The molecule has 0 aromatic heterocycles. The Morgan fingerprint density at radius 3 is 2.20 bits per heavy atom. The zero-order chi connectivity index (χ0) is 24.6. The van der Waals surface area contributed by atoms with Gasteiger partial charge in [-0.1, -0.05) is 48.5 Å². The fraction of sp³-hybridized carbons (Fsp3) is 0.222. The number of carbonyl (C=O) groups excluding carboxylic acids is 2. The van der Waals surface area contributed by atoms with Crippen LogP contribution >= 0.6 is 0 Å². The van der Waals surface area contributed by atoms with Gasteiger partial charge in [0.2, 0.25) is 5.91 Å². The fourth-order valence-electron chi connectivity index (χ4n) is 4.53. The van der Waals surface area contributed by atoms with Gasteiger partial charge >= 0.3 is 12.1 Å². The summed E-state index contributed by atoms with van der Waals surface area (Å²) in [7, 11) is 0. The van der Waals surface area contributed by atoms with Crippen molar-refractivity contribution in [1.82, 2.24) is 5.32 Å². The van der Waals surface area contributed by atoms with Crippen LogP contribution in [0.3, 0.4) is 0 Å². The second-order valence-corrected chi connectivity index (χ2v) is 8.91. The predicted octanol–water partition coefficient (Wildman–Crippen LogP) is 4.78. The second kappa shape index (κ2) is 8.87. The molecule has 1 saturated carbocycles. The van der Waals surface area contributed by atoms with Gasteiger partial charge < -0.3 is 20.5 Å². The summed E-state index contributed by atoms with van der Waals surface area (Å²) in [4.78, 5) is 36.4. The maximum Gasteiger partial charge on any atom is 0.407 e. The Kier molecular flexibility index (Phi) is 5.72. The number of benzene rings is 3. The zero-order valence-corrected chi connectivity index (χ0v) is 18.7. The average Bonchev–Trinajstić information content (AvgIpc) is 3.59. The number of carboxylic acids is 1. The number of rotatable bonds is 7. The molecule has 3 aromatic carbocycles. The first-order valence-corrected chi connectivity index (χ1v) is 11.3. The molecule has 2 amide bonds. The predicted molar refractivity (Wildman–Crippen MR) is 127 cm³/mol. The van der Waals surface area contributed by atoms with E-state index < -0.39 is 29.2 Å². The quantitative estimate of drug-likeness (QED) is 0.457. The maximum atomic E-state index is 14.1. The molecule has 2 aliphatic carbocycles. The Bertz CT molecular complexity index is 1290. The molecule has 0 spiro atoms. The number of hydrogen-bond donors (Lipinski definition) is 3. The van der Waals surface area contributed by atoms with Crippen LogP contribution in [0.1, 0.15) is 40.2 Å². The van der Waals surface area contributed by atoms with Crippen molar-refractivity contribution >= 4 is 23.7 Å². The van der Waals surface area contributed by atoms with Gasteiger partial charge in [0.1, 0.15) is 12.4 Å². The smallest absolute Gasteiger partial charge is 0.407 e. The van der Waals surface area contributed by atoms with Crippen LogP contribution in [0.25, 0.3) is 11.1 Å². The van der Waals surface area contributed by atoms with E-state index in [0.717, 1.165) is 40.5 Å². The van der Waals surface area contributed by atoms with E-state index in [4.69, 9.17) is 9.84 Å². The number of aromatic carboxylic acids is 1. The Morgan fingerprint density at radius 2 is 1.60 bits per heavy atom. The van der Waals surface area contributed by atoms with Crippen molar-refractivity contribution in [2.24, 2.45) is 5.41 Å². The Morgan fingerprint density at radius 1 is 0.971 bits per heavy atom. The van der Waals surface area contributed by atoms with Gasteiger partial charge in [-0.25, -0.2) is 14.0 Å². The number of carboxylic acid groups (broad SMARTS) is 1. The van der Waals surface area contributed by atoms with Crippen LogP contribution in [0.5, 0.6) is 0 Å². The van der Waals surface area contributed by atoms with E-state index in [1.807, 2.05) is 36.4 Å². The molecule has 0 saturated heterocycles. The number of anilines is 1. The summed E-state index contributed by atoms with van der Waals surface area (Å²) in [6.07, 6.45) is 0.399. The number of alkyl carbamates (subject to hydrolysis) is 1. The van der Waals surface area contributed by atoms with E-state index in [1.165, 1.54) is 0 Å². The van der Waals surface area contributed by atoms with Crippen molar-refractivity contribution < 1.29 is 28.6 Å². The zero-order valence-electron chi connectivity index (χ0n) is 18.7. The minimum absolute atomic E-state index is 0.0374. The molecule has 1 fully saturated rings. The Labute approximate surface area is 200 Å². The first-order valence-electron chi connectivity index (χ1n) is 11.3. The van der Waals surface area contributed by atoms with Gasteiger partial charge in [0.25, 0.3) is 0 Å². The highest BCUT2D eigenvalue weighted by molar-refractivity contribution is 5.99. The maximum absolute atomic E-state index is 14.1. The van der Waals surface area contributed by atoms with Crippen molar-refractivity contribution in [2.75, 3.05) is 18.5 Å². The lowest BCUT2D eigenvalue weighted by Gasteiger charge is -2.18. The van der Waals surface area contributed by atoms with Gasteiger partial charge in [0.15, 0.2) is 0 Å². The Balaban J connectivity index is 1.19. The average molecular weight is 474 g/mol. The molecule has 0 radical (unpaired) electrons. The van der Waals surface area contributed by atoms with Crippen molar-refractivity contribution in [1.29, 1.82) is 0 Å². The number of amides is 2. The topological polar surface area (TPSA) is 105 Å². The fourth-order valence-corrected chi connectivity index (χ4v) is 4.53. The molecule has 3 N–H and O–H groups in total. The first kappa shape index (κ1) is 22.6. The molecule has 0 bridgehead atoms. The van der Waals surface area contributed by atoms with E-state index >= 15 is 0 Å². The lowest BCUT2D eigenvalue weighted by Crippen LogP contribution is -2.37. The van der Waals surface area contributed by atoms with Gasteiger partial charge in [0.05, 0.1) is 16.7 Å². The van der Waals surface area contributed by atoms with Crippen LogP contribution in [0.4, 0.5) is 14.9 Å². The summed E-state index contributed by atoms with van der Waals surface area (Å²) < 4.78 is 19.6. The van der Waals surface area contributed by atoms with E-state index in [2.05, 4.69) is 22.8 Å². The van der Waals surface area contributed by atoms with Crippen LogP contribution in [0.2, 0.25) is 0 Å². The van der Waals surface area contributed by atoms with Crippen LogP contribution < -0.4 is 10.6 Å². The van der Waals surface area contributed by atoms with Gasteiger partial charge in [-0.2, -0.15) is 0 Å². The summed E-state index contributed by atoms with van der Waals surface area (Å²) >= 11 is 0. The molecule has 8 heteroatoms. The molecule has 0 unspecified atom stereocenters. The van der Waals surface area contributed by atoms with Crippen molar-refractivity contribution in [2.45, 2.75) is 18.8 Å². The number of hydrogen-bond acceptors (Lipinski definition) is 4. The number of nitrogens with one attached hydrogen (secondary N) is 2. The van der Waals surface area contributed by atoms with E-state index in [0.29, 0.717) is 12.8 Å². The van der Waals surface area contributed by atoms with Crippen LogP contribution in [0, 0.1) is 11.2 Å². The summed E-state index contributed by atoms with van der Waals surface area (Å²) in [6.45, 7) is 0.196. The standard InChI is InChI=1S/C27H23FN2O5/c28-22-10-9-16(24(31)32)13-23(22)30-25(33)27(11-12-27)15-29-26(34)35-14-21-19-7-3-1-5-17(19)18-6-2-4-8-20(18)21/h1-10,13,21H,11-12,14-15H2,(H,29,34)(H,30,33)(H,31,32). The summed E-state index contributed by atoms with van der Waals surface area (Å²) in [5.74, 6) is -2.50. The molecule has 35 heavy (non-hydrogen) atoms. The third-order valence-electron chi connectivity index (χ3n) is 6.71. The molecular formula is C27H23FN2O5. The van der Waals surface area contributed by atoms with E-state index in [9.17, 15) is 18.8 Å². The third-order valence-corrected chi connectivity index (χ3v) is 6.71. The normalized spacial score (nSPS) is 15.0.